The van der Waals surface area contributed by atoms with E-state index in [1.807, 2.05) is 53.2 Å². The monoisotopic (exact) mass is 299 g/mol. The van der Waals surface area contributed by atoms with Crippen LogP contribution in [0.25, 0.3) is 10.4 Å². The Balaban J connectivity index is 1.79. The van der Waals surface area contributed by atoms with Crippen LogP contribution in [0.15, 0.2) is 59.3 Å². The Hall–Kier alpha value is -1.91. The molecule has 0 atom stereocenters. The highest BCUT2D eigenvalue weighted by molar-refractivity contribution is 7.13. The summed E-state index contributed by atoms with van der Waals surface area (Å²) in [6.45, 7) is 0. The van der Waals surface area contributed by atoms with Gasteiger partial charge < -0.3 is 5.32 Å². The van der Waals surface area contributed by atoms with Crippen molar-refractivity contribution >= 4 is 34.3 Å². The van der Waals surface area contributed by atoms with Gasteiger partial charge in [0, 0.05) is 21.0 Å². The molecular formula is C16H13NOS2. The van der Waals surface area contributed by atoms with Crippen LogP contribution >= 0.6 is 22.7 Å². The molecule has 2 nitrogen and oxygen atoms in total. The van der Waals surface area contributed by atoms with Crippen LogP contribution < -0.4 is 5.32 Å². The third-order valence-electron chi connectivity index (χ3n) is 2.90. The molecule has 0 aliphatic carbocycles. The lowest BCUT2D eigenvalue weighted by molar-refractivity contribution is -0.115. The highest BCUT2D eigenvalue weighted by atomic mass is 32.1. The lowest BCUT2D eigenvalue weighted by Gasteiger charge is -2.09. The zero-order valence-electron chi connectivity index (χ0n) is 10.7. The Bertz CT molecular complexity index is 687. The van der Waals surface area contributed by atoms with E-state index in [4.69, 9.17) is 0 Å². The summed E-state index contributed by atoms with van der Waals surface area (Å²) in [5.74, 6) is 0.0245. The second-order valence-electron chi connectivity index (χ2n) is 4.33. The Morgan fingerprint density at radius 2 is 1.75 bits per heavy atom. The van der Waals surface area contributed by atoms with E-state index in [-0.39, 0.29) is 5.91 Å². The number of rotatable bonds is 4. The molecule has 0 saturated carbocycles. The zero-order chi connectivity index (χ0) is 13.8. The minimum atomic E-state index is 0.0245. The maximum atomic E-state index is 12.1. The van der Waals surface area contributed by atoms with Gasteiger partial charge >= 0.3 is 0 Å². The number of para-hydroxylation sites is 1. The summed E-state index contributed by atoms with van der Waals surface area (Å²) in [5.41, 5.74) is 1.94. The molecule has 1 aromatic carbocycles. The molecule has 3 aromatic rings. The van der Waals surface area contributed by atoms with Gasteiger partial charge in [0.25, 0.3) is 0 Å². The van der Waals surface area contributed by atoms with Crippen molar-refractivity contribution in [3.63, 3.8) is 0 Å². The van der Waals surface area contributed by atoms with Crippen LogP contribution in [0.4, 0.5) is 5.69 Å². The average Bonchev–Trinajstić information content (AvgIpc) is 3.11. The molecular weight excluding hydrogens is 286 g/mol. The van der Waals surface area contributed by atoms with Gasteiger partial charge in [0.2, 0.25) is 5.91 Å². The normalized spacial score (nSPS) is 10.4. The van der Waals surface area contributed by atoms with E-state index >= 15 is 0 Å². The van der Waals surface area contributed by atoms with E-state index in [0.717, 1.165) is 21.0 Å². The van der Waals surface area contributed by atoms with Crippen LogP contribution in [0, 0.1) is 0 Å². The number of hydrogen-bond acceptors (Lipinski definition) is 3. The molecule has 0 radical (unpaired) electrons. The van der Waals surface area contributed by atoms with Gasteiger partial charge in [0.1, 0.15) is 0 Å². The Morgan fingerprint density at radius 3 is 2.50 bits per heavy atom. The first kappa shape index (κ1) is 13.1. The van der Waals surface area contributed by atoms with Crippen LogP contribution in [0.3, 0.4) is 0 Å². The number of benzene rings is 1. The summed E-state index contributed by atoms with van der Waals surface area (Å²) >= 11 is 3.28. The molecule has 0 spiro atoms. The molecule has 1 amide bonds. The molecule has 4 heteroatoms. The largest absolute Gasteiger partial charge is 0.325 e. The predicted octanol–water partition coefficient (Wildman–Crippen LogP) is 4.66. The summed E-state index contributed by atoms with van der Waals surface area (Å²) < 4.78 is 0. The summed E-state index contributed by atoms with van der Waals surface area (Å²) in [7, 11) is 0. The summed E-state index contributed by atoms with van der Waals surface area (Å²) in [5, 5.41) is 7.04. The SMILES string of the molecule is O=C(Cc1cccs1)Nc1ccccc1-c1cccs1. The van der Waals surface area contributed by atoms with E-state index in [9.17, 15) is 4.79 Å². The van der Waals surface area contributed by atoms with Crippen LogP contribution in [-0.4, -0.2) is 5.91 Å². The molecule has 0 aliphatic rings. The second kappa shape index (κ2) is 6.03. The number of amides is 1. The Kier molecular flexibility index (Phi) is 3.95. The molecule has 0 saturated heterocycles. The lowest BCUT2D eigenvalue weighted by atomic mass is 10.1. The van der Waals surface area contributed by atoms with Crippen molar-refractivity contribution in [2.45, 2.75) is 6.42 Å². The van der Waals surface area contributed by atoms with Gasteiger partial charge in [-0.25, -0.2) is 0 Å². The summed E-state index contributed by atoms with van der Waals surface area (Å²) in [6, 6.07) is 15.9. The molecule has 0 aliphatic heterocycles. The van der Waals surface area contributed by atoms with Crippen LogP contribution in [0.2, 0.25) is 0 Å². The van der Waals surface area contributed by atoms with Gasteiger partial charge in [-0.15, -0.1) is 22.7 Å². The molecule has 0 fully saturated rings. The molecule has 2 heterocycles. The lowest BCUT2D eigenvalue weighted by Crippen LogP contribution is -2.14. The predicted molar refractivity (Wildman–Crippen MR) is 86.4 cm³/mol. The van der Waals surface area contributed by atoms with Gasteiger partial charge in [-0.2, -0.15) is 0 Å². The number of nitrogens with one attached hydrogen (secondary N) is 1. The van der Waals surface area contributed by atoms with Crippen molar-refractivity contribution in [3.8, 4) is 10.4 Å². The van der Waals surface area contributed by atoms with Crippen LogP contribution in [0.1, 0.15) is 4.88 Å². The molecule has 1 N–H and O–H groups in total. The number of hydrogen-bond donors (Lipinski definition) is 1. The maximum absolute atomic E-state index is 12.1. The smallest absolute Gasteiger partial charge is 0.229 e. The van der Waals surface area contributed by atoms with Gasteiger partial charge in [-0.1, -0.05) is 30.3 Å². The molecule has 20 heavy (non-hydrogen) atoms. The van der Waals surface area contributed by atoms with Crippen molar-refractivity contribution in [3.05, 3.63) is 64.2 Å². The Labute approximate surface area is 125 Å². The van der Waals surface area contributed by atoms with Crippen molar-refractivity contribution in [1.82, 2.24) is 0 Å². The minimum absolute atomic E-state index is 0.0245. The first-order valence-corrected chi connectivity index (χ1v) is 8.04. The fraction of sp³-hybridized carbons (Fsp3) is 0.0625. The zero-order valence-corrected chi connectivity index (χ0v) is 12.3. The number of anilines is 1. The highest BCUT2D eigenvalue weighted by Gasteiger charge is 2.09. The second-order valence-corrected chi connectivity index (χ2v) is 6.31. The molecule has 0 unspecified atom stereocenters. The maximum Gasteiger partial charge on any atom is 0.229 e. The quantitative estimate of drug-likeness (QED) is 0.746. The van der Waals surface area contributed by atoms with Crippen LogP contribution in [-0.2, 0) is 11.2 Å². The highest BCUT2D eigenvalue weighted by Crippen LogP contribution is 2.31. The molecule has 3 rings (SSSR count). The Morgan fingerprint density at radius 1 is 0.950 bits per heavy atom. The van der Waals surface area contributed by atoms with E-state index in [1.54, 1.807) is 22.7 Å². The standard InChI is InChI=1S/C16H13NOS2/c18-16(11-12-5-3-9-19-12)17-14-7-2-1-6-13(14)15-8-4-10-20-15/h1-10H,11H2,(H,17,18). The van der Waals surface area contributed by atoms with Crippen molar-refractivity contribution in [1.29, 1.82) is 0 Å². The summed E-state index contributed by atoms with van der Waals surface area (Å²) in [6.07, 6.45) is 0.427. The van der Waals surface area contributed by atoms with Gasteiger partial charge in [-0.3, -0.25) is 4.79 Å². The van der Waals surface area contributed by atoms with Crippen molar-refractivity contribution in [2.24, 2.45) is 0 Å². The minimum Gasteiger partial charge on any atom is -0.325 e. The first-order valence-electron chi connectivity index (χ1n) is 6.28. The number of thiophene rings is 2. The number of carbonyl (C=O) groups is 1. The molecule has 2 aromatic heterocycles. The third kappa shape index (κ3) is 2.98. The fourth-order valence-corrected chi connectivity index (χ4v) is 3.47. The fourth-order valence-electron chi connectivity index (χ4n) is 2.00. The first-order chi connectivity index (χ1) is 9.83. The van der Waals surface area contributed by atoms with Gasteiger partial charge in [0.05, 0.1) is 6.42 Å². The topological polar surface area (TPSA) is 29.1 Å². The van der Waals surface area contributed by atoms with Crippen molar-refractivity contribution < 1.29 is 4.79 Å². The van der Waals surface area contributed by atoms with Gasteiger partial charge in [-0.05, 0) is 29.0 Å². The third-order valence-corrected chi connectivity index (χ3v) is 4.68. The van der Waals surface area contributed by atoms with E-state index in [2.05, 4.69) is 11.4 Å². The van der Waals surface area contributed by atoms with Gasteiger partial charge in [0.15, 0.2) is 0 Å². The van der Waals surface area contributed by atoms with E-state index < -0.39 is 0 Å². The summed E-state index contributed by atoms with van der Waals surface area (Å²) in [4.78, 5) is 14.3. The van der Waals surface area contributed by atoms with E-state index in [1.165, 1.54) is 0 Å². The average molecular weight is 299 g/mol. The number of carbonyl (C=O) groups excluding carboxylic acids is 1. The van der Waals surface area contributed by atoms with Crippen LogP contribution in [0.5, 0.6) is 0 Å². The molecule has 0 bridgehead atoms. The van der Waals surface area contributed by atoms with E-state index in [0.29, 0.717) is 6.42 Å². The van der Waals surface area contributed by atoms with Crippen molar-refractivity contribution in [2.75, 3.05) is 5.32 Å². The molecule has 100 valence electrons.